The Morgan fingerprint density at radius 2 is 1.73 bits per heavy atom. The van der Waals surface area contributed by atoms with Crippen LogP contribution in [0.5, 0.6) is 5.75 Å². The quantitative estimate of drug-likeness (QED) is 0.766. The molecule has 1 aliphatic heterocycles. The lowest BCUT2D eigenvalue weighted by Crippen LogP contribution is -2.43. The molecular formula is C12H15NO7S2. The normalized spacial score (nSPS) is 18.7. The standard InChI is InChI=1S/C12H15NO7S2/c14-12(15)9-20-10-1-3-11(4-2-10)22(18,19)13-5-7-21(16,17)8-6-13/h1-4H,5-9H2,(H,14,15). The highest BCUT2D eigenvalue weighted by Gasteiger charge is 2.31. The second-order valence-corrected chi connectivity index (χ2v) is 8.95. The topological polar surface area (TPSA) is 118 Å². The van der Waals surface area contributed by atoms with Crippen molar-refractivity contribution in [2.75, 3.05) is 31.2 Å². The van der Waals surface area contributed by atoms with Crippen molar-refractivity contribution in [3.05, 3.63) is 24.3 Å². The number of aliphatic carboxylic acids is 1. The first-order valence-electron chi connectivity index (χ1n) is 6.36. The maximum absolute atomic E-state index is 12.4. The van der Waals surface area contributed by atoms with Gasteiger partial charge in [0.15, 0.2) is 16.4 Å². The number of carbonyl (C=O) groups is 1. The zero-order valence-corrected chi connectivity index (χ0v) is 13.1. The summed E-state index contributed by atoms with van der Waals surface area (Å²) in [4.78, 5) is 10.4. The molecule has 10 heteroatoms. The van der Waals surface area contributed by atoms with Crippen LogP contribution in [-0.4, -0.2) is 63.4 Å². The van der Waals surface area contributed by atoms with Gasteiger partial charge >= 0.3 is 5.97 Å². The van der Waals surface area contributed by atoms with E-state index < -0.39 is 32.4 Å². The van der Waals surface area contributed by atoms with Gasteiger partial charge in [-0.2, -0.15) is 4.31 Å². The van der Waals surface area contributed by atoms with Crippen LogP contribution in [0.4, 0.5) is 0 Å². The fourth-order valence-corrected chi connectivity index (χ4v) is 4.81. The van der Waals surface area contributed by atoms with Gasteiger partial charge in [-0.15, -0.1) is 0 Å². The fourth-order valence-electron chi connectivity index (χ4n) is 1.94. The largest absolute Gasteiger partial charge is 0.482 e. The number of carboxylic acids is 1. The molecule has 1 aromatic rings. The number of carboxylic acid groups (broad SMARTS) is 1. The molecule has 0 aliphatic carbocycles. The van der Waals surface area contributed by atoms with Crippen molar-refractivity contribution in [2.24, 2.45) is 0 Å². The molecule has 1 aliphatic rings. The summed E-state index contributed by atoms with van der Waals surface area (Å²) in [6.07, 6.45) is 0. The van der Waals surface area contributed by atoms with Crippen LogP contribution in [0.1, 0.15) is 0 Å². The van der Waals surface area contributed by atoms with E-state index in [1.54, 1.807) is 0 Å². The highest BCUT2D eigenvalue weighted by Crippen LogP contribution is 2.21. The number of sulfonamides is 1. The van der Waals surface area contributed by atoms with Crippen molar-refractivity contribution < 1.29 is 31.5 Å². The number of benzene rings is 1. The van der Waals surface area contributed by atoms with Gasteiger partial charge in [-0.25, -0.2) is 21.6 Å². The molecule has 1 heterocycles. The monoisotopic (exact) mass is 349 g/mol. The Bertz CT molecular complexity index is 739. The summed E-state index contributed by atoms with van der Waals surface area (Å²) in [5.41, 5.74) is 0. The summed E-state index contributed by atoms with van der Waals surface area (Å²) < 4.78 is 53.5. The molecule has 122 valence electrons. The molecule has 0 unspecified atom stereocenters. The van der Waals surface area contributed by atoms with Crippen LogP contribution in [0.15, 0.2) is 29.2 Å². The first kappa shape index (κ1) is 16.7. The van der Waals surface area contributed by atoms with Gasteiger partial charge < -0.3 is 9.84 Å². The highest BCUT2D eigenvalue weighted by atomic mass is 32.2. The van der Waals surface area contributed by atoms with E-state index in [1.807, 2.05) is 0 Å². The summed E-state index contributed by atoms with van der Waals surface area (Å²) in [6, 6.07) is 5.32. The summed E-state index contributed by atoms with van der Waals surface area (Å²) in [5.74, 6) is -1.27. The van der Waals surface area contributed by atoms with Crippen LogP contribution >= 0.6 is 0 Å². The maximum atomic E-state index is 12.4. The first-order valence-corrected chi connectivity index (χ1v) is 9.62. The third kappa shape index (κ3) is 3.96. The van der Waals surface area contributed by atoms with Crippen LogP contribution in [0.2, 0.25) is 0 Å². The van der Waals surface area contributed by atoms with Gasteiger partial charge in [0.1, 0.15) is 5.75 Å². The molecule has 0 spiro atoms. The lowest BCUT2D eigenvalue weighted by atomic mass is 10.3. The number of hydrogen-bond acceptors (Lipinski definition) is 6. The van der Waals surface area contributed by atoms with E-state index in [9.17, 15) is 21.6 Å². The van der Waals surface area contributed by atoms with Crippen molar-refractivity contribution >= 4 is 25.8 Å². The smallest absolute Gasteiger partial charge is 0.341 e. The van der Waals surface area contributed by atoms with Gasteiger partial charge in [0, 0.05) is 13.1 Å². The number of ether oxygens (including phenoxy) is 1. The van der Waals surface area contributed by atoms with E-state index in [1.165, 1.54) is 24.3 Å². The van der Waals surface area contributed by atoms with Gasteiger partial charge in [-0.3, -0.25) is 0 Å². The minimum Gasteiger partial charge on any atom is -0.482 e. The zero-order valence-electron chi connectivity index (χ0n) is 11.5. The summed E-state index contributed by atoms with van der Waals surface area (Å²) in [7, 11) is -6.93. The fraction of sp³-hybridized carbons (Fsp3) is 0.417. The molecule has 0 atom stereocenters. The summed E-state index contributed by atoms with van der Waals surface area (Å²) in [5, 5.41) is 8.49. The molecule has 8 nitrogen and oxygen atoms in total. The van der Waals surface area contributed by atoms with Gasteiger partial charge in [0.25, 0.3) is 0 Å². The van der Waals surface area contributed by atoms with E-state index >= 15 is 0 Å². The maximum Gasteiger partial charge on any atom is 0.341 e. The number of nitrogens with zero attached hydrogens (tertiary/aromatic N) is 1. The number of sulfone groups is 1. The second kappa shape index (κ2) is 6.23. The zero-order chi connectivity index (χ0) is 16.4. The van der Waals surface area contributed by atoms with Crippen LogP contribution in [-0.2, 0) is 24.7 Å². The summed E-state index contributed by atoms with van der Waals surface area (Å²) in [6.45, 7) is -0.653. The number of rotatable bonds is 5. The Hall–Kier alpha value is -1.65. The first-order chi connectivity index (χ1) is 10.2. The lowest BCUT2D eigenvalue weighted by Gasteiger charge is -2.25. The third-order valence-corrected chi connectivity index (χ3v) is 6.65. The average Bonchev–Trinajstić information content (AvgIpc) is 2.45. The van der Waals surface area contributed by atoms with Crippen LogP contribution in [0.3, 0.4) is 0 Å². The van der Waals surface area contributed by atoms with E-state index in [2.05, 4.69) is 0 Å². The van der Waals surface area contributed by atoms with E-state index in [-0.39, 0.29) is 35.2 Å². The van der Waals surface area contributed by atoms with Gasteiger partial charge in [-0.05, 0) is 24.3 Å². The minimum absolute atomic E-state index is 0.00877. The van der Waals surface area contributed by atoms with E-state index in [4.69, 9.17) is 9.84 Å². The predicted octanol–water partition coefficient (Wildman–Crippen LogP) is -0.431. The van der Waals surface area contributed by atoms with Crippen molar-refractivity contribution in [1.29, 1.82) is 0 Å². The van der Waals surface area contributed by atoms with Gasteiger partial charge in [-0.1, -0.05) is 0 Å². The molecular weight excluding hydrogens is 334 g/mol. The SMILES string of the molecule is O=C(O)COc1ccc(S(=O)(=O)N2CCS(=O)(=O)CC2)cc1. The molecule has 1 N–H and O–H groups in total. The highest BCUT2D eigenvalue weighted by molar-refractivity contribution is 7.92. The van der Waals surface area contributed by atoms with Crippen molar-refractivity contribution in [2.45, 2.75) is 4.90 Å². The Labute approximate surface area is 128 Å². The van der Waals surface area contributed by atoms with Crippen LogP contribution < -0.4 is 4.74 Å². The second-order valence-electron chi connectivity index (χ2n) is 4.71. The predicted molar refractivity (Wildman–Crippen MR) is 77.0 cm³/mol. The van der Waals surface area contributed by atoms with Gasteiger partial charge in [0.2, 0.25) is 10.0 Å². The molecule has 1 fully saturated rings. The Kier molecular flexibility index (Phi) is 4.73. The molecule has 0 saturated carbocycles. The Balaban J connectivity index is 2.11. The summed E-state index contributed by atoms with van der Waals surface area (Å²) >= 11 is 0. The van der Waals surface area contributed by atoms with E-state index in [0.717, 1.165) is 4.31 Å². The van der Waals surface area contributed by atoms with Gasteiger partial charge in [0.05, 0.1) is 16.4 Å². The van der Waals surface area contributed by atoms with Crippen LogP contribution in [0.25, 0.3) is 0 Å². The van der Waals surface area contributed by atoms with Crippen molar-refractivity contribution in [3.63, 3.8) is 0 Å². The lowest BCUT2D eigenvalue weighted by molar-refractivity contribution is -0.139. The molecule has 0 aromatic heterocycles. The Morgan fingerprint density at radius 3 is 2.23 bits per heavy atom. The molecule has 1 saturated heterocycles. The third-order valence-electron chi connectivity index (χ3n) is 3.13. The van der Waals surface area contributed by atoms with Crippen LogP contribution in [0, 0.1) is 0 Å². The Morgan fingerprint density at radius 1 is 1.18 bits per heavy atom. The average molecular weight is 349 g/mol. The molecule has 0 bridgehead atoms. The number of hydrogen-bond donors (Lipinski definition) is 1. The minimum atomic E-state index is -3.76. The molecule has 22 heavy (non-hydrogen) atoms. The molecule has 0 amide bonds. The van der Waals surface area contributed by atoms with Crippen molar-refractivity contribution in [1.82, 2.24) is 4.31 Å². The molecule has 1 aromatic carbocycles. The molecule has 2 rings (SSSR count). The van der Waals surface area contributed by atoms with E-state index in [0.29, 0.717) is 0 Å². The molecule has 0 radical (unpaired) electrons. The van der Waals surface area contributed by atoms with Crippen molar-refractivity contribution in [3.8, 4) is 5.75 Å².